The summed E-state index contributed by atoms with van der Waals surface area (Å²) in [5, 5.41) is 11.7. The summed E-state index contributed by atoms with van der Waals surface area (Å²) in [6.07, 6.45) is 3.99. The van der Waals surface area contributed by atoms with Gasteiger partial charge >= 0.3 is 0 Å². The van der Waals surface area contributed by atoms with Crippen LogP contribution in [-0.4, -0.2) is 14.5 Å². The van der Waals surface area contributed by atoms with Gasteiger partial charge in [0.1, 0.15) is 11.9 Å². The fourth-order valence-corrected chi connectivity index (χ4v) is 3.99. The lowest BCUT2D eigenvalue weighted by Crippen LogP contribution is -1.97. The smallest absolute Gasteiger partial charge is 0.149 e. The summed E-state index contributed by atoms with van der Waals surface area (Å²) in [6, 6.07) is 24.4. The molecule has 0 aliphatic rings. The zero-order chi connectivity index (χ0) is 21.4. The van der Waals surface area contributed by atoms with E-state index in [1.165, 1.54) is 0 Å². The molecule has 0 atom stereocenters. The lowest BCUT2D eigenvalue weighted by atomic mass is 10.1. The number of fused-ring (bicyclic) bond motifs is 2. The molecule has 0 unspecified atom stereocenters. The predicted molar refractivity (Wildman–Crippen MR) is 127 cm³/mol. The highest BCUT2D eigenvalue weighted by atomic mass is 35.5. The van der Waals surface area contributed by atoms with E-state index in [0.717, 1.165) is 50.2 Å². The molecule has 0 radical (unpaired) electrons. The monoisotopic (exact) mass is 422 g/mol. The quantitative estimate of drug-likeness (QED) is 0.332. The largest absolute Gasteiger partial charge is 0.342 e. The molecule has 4 nitrogen and oxygen atoms in total. The minimum Gasteiger partial charge on any atom is -0.342 e. The lowest BCUT2D eigenvalue weighted by molar-refractivity contribution is 0.836. The molecule has 3 aromatic carbocycles. The summed E-state index contributed by atoms with van der Waals surface area (Å²) in [6.45, 7) is 2.76. The van der Waals surface area contributed by atoms with Gasteiger partial charge in [-0.2, -0.15) is 5.26 Å². The Bertz CT molecular complexity index is 1480. The fraction of sp³-hybridized carbons (Fsp3) is 0.0769. The molecule has 5 rings (SSSR count). The highest BCUT2D eigenvalue weighted by Crippen LogP contribution is 2.27. The average molecular weight is 423 g/mol. The number of nitriles is 1. The molecule has 150 valence electrons. The van der Waals surface area contributed by atoms with E-state index in [0.29, 0.717) is 11.4 Å². The van der Waals surface area contributed by atoms with Crippen LogP contribution in [0.4, 0.5) is 0 Å². The van der Waals surface area contributed by atoms with Gasteiger partial charge in [-0.15, -0.1) is 0 Å². The Hall–Kier alpha value is -3.81. The first-order valence-electron chi connectivity index (χ1n) is 10.0. The number of nitrogens with zero attached hydrogens (tertiary/aromatic N) is 3. The second-order valence-electron chi connectivity index (χ2n) is 7.63. The molecule has 2 heterocycles. The first-order chi connectivity index (χ1) is 15.1. The van der Waals surface area contributed by atoms with E-state index >= 15 is 0 Å². The van der Waals surface area contributed by atoms with Gasteiger partial charge in [0.15, 0.2) is 0 Å². The molecule has 0 spiro atoms. The molecule has 5 aromatic rings. The maximum atomic E-state index is 9.86. The number of nitrogens with one attached hydrogen (secondary N) is 1. The molecule has 5 heteroatoms. The average Bonchev–Trinajstić information content (AvgIpc) is 3.35. The zero-order valence-electron chi connectivity index (χ0n) is 16.9. The maximum Gasteiger partial charge on any atom is 0.149 e. The molecule has 1 N–H and O–H groups in total. The van der Waals surface area contributed by atoms with E-state index in [2.05, 4.69) is 38.9 Å². The summed E-state index contributed by atoms with van der Waals surface area (Å²) in [5.41, 5.74) is 6.69. The van der Waals surface area contributed by atoms with Crippen LogP contribution in [0.15, 0.2) is 72.9 Å². The summed E-state index contributed by atoms with van der Waals surface area (Å²) in [5.74, 6) is 0.581. The second-order valence-corrected chi connectivity index (χ2v) is 8.07. The van der Waals surface area contributed by atoms with Crippen molar-refractivity contribution in [2.45, 2.75) is 13.5 Å². The predicted octanol–water partition coefficient (Wildman–Crippen LogP) is 6.59. The maximum absolute atomic E-state index is 9.86. The molecule has 0 saturated heterocycles. The number of hydrogen-bond donors (Lipinski definition) is 1. The number of halogens is 1. The van der Waals surface area contributed by atoms with E-state index in [1.807, 2.05) is 67.6 Å². The molecular formula is C26H19ClN4. The fourth-order valence-electron chi connectivity index (χ4n) is 3.87. The Kier molecular flexibility index (Phi) is 4.82. The Morgan fingerprint density at radius 3 is 2.74 bits per heavy atom. The van der Waals surface area contributed by atoms with Crippen molar-refractivity contribution in [1.82, 2.24) is 14.5 Å². The molecular weight excluding hydrogens is 404 g/mol. The highest BCUT2D eigenvalue weighted by molar-refractivity contribution is 6.30. The first-order valence-corrected chi connectivity index (χ1v) is 10.4. The number of rotatable bonds is 4. The summed E-state index contributed by atoms with van der Waals surface area (Å²) >= 11 is 6.03. The van der Waals surface area contributed by atoms with Crippen molar-refractivity contribution in [2.75, 3.05) is 0 Å². The Balaban J connectivity index is 1.59. The van der Waals surface area contributed by atoms with Gasteiger partial charge in [0.25, 0.3) is 0 Å². The van der Waals surface area contributed by atoms with Crippen LogP contribution in [0.25, 0.3) is 33.6 Å². The van der Waals surface area contributed by atoms with Crippen molar-refractivity contribution < 1.29 is 0 Å². The number of imidazole rings is 1. The van der Waals surface area contributed by atoms with E-state index in [-0.39, 0.29) is 0 Å². The molecule has 0 amide bonds. The third-order valence-corrected chi connectivity index (χ3v) is 5.65. The Labute approximate surface area is 185 Å². The molecule has 0 aliphatic heterocycles. The number of para-hydroxylation sites is 1. The van der Waals surface area contributed by atoms with E-state index in [1.54, 1.807) is 0 Å². The first kappa shape index (κ1) is 19.2. The topological polar surface area (TPSA) is 57.4 Å². The SMILES string of the molecule is Cc1ccc2nc(/C(C#N)=C\c3cn(Cc4ccc(Cl)cc4)c4ccccc34)[nH]c2c1. The van der Waals surface area contributed by atoms with Crippen LogP contribution < -0.4 is 0 Å². The van der Waals surface area contributed by atoms with Crippen molar-refractivity contribution in [3.8, 4) is 6.07 Å². The number of benzene rings is 3. The number of aromatic nitrogens is 3. The Morgan fingerprint density at radius 2 is 1.94 bits per heavy atom. The third-order valence-electron chi connectivity index (χ3n) is 5.40. The third kappa shape index (κ3) is 3.72. The van der Waals surface area contributed by atoms with Gasteiger partial charge < -0.3 is 9.55 Å². The minimum atomic E-state index is 0.503. The van der Waals surface area contributed by atoms with Crippen molar-refractivity contribution >= 4 is 45.2 Å². The molecule has 0 saturated carbocycles. The van der Waals surface area contributed by atoms with Gasteiger partial charge in [0.2, 0.25) is 0 Å². The zero-order valence-corrected chi connectivity index (χ0v) is 17.7. The number of aromatic amines is 1. The van der Waals surface area contributed by atoms with Crippen LogP contribution in [0.5, 0.6) is 0 Å². The van der Waals surface area contributed by atoms with Crippen molar-refractivity contribution in [3.63, 3.8) is 0 Å². The van der Waals surface area contributed by atoms with Crippen molar-refractivity contribution in [2.24, 2.45) is 0 Å². The summed E-state index contributed by atoms with van der Waals surface area (Å²) < 4.78 is 2.20. The van der Waals surface area contributed by atoms with Gasteiger partial charge in [-0.3, -0.25) is 0 Å². The summed E-state index contributed by atoms with van der Waals surface area (Å²) in [4.78, 5) is 7.90. The Morgan fingerprint density at radius 1 is 1.13 bits per heavy atom. The highest BCUT2D eigenvalue weighted by Gasteiger charge is 2.12. The number of aryl methyl sites for hydroxylation is 1. The normalized spacial score (nSPS) is 11.8. The van der Waals surface area contributed by atoms with Gasteiger partial charge in [-0.1, -0.05) is 48.0 Å². The van der Waals surface area contributed by atoms with Crippen LogP contribution >= 0.6 is 11.6 Å². The molecule has 0 fully saturated rings. The van der Waals surface area contributed by atoms with E-state index < -0.39 is 0 Å². The van der Waals surface area contributed by atoms with Gasteiger partial charge in [0, 0.05) is 34.2 Å². The molecule has 2 aromatic heterocycles. The van der Waals surface area contributed by atoms with Crippen LogP contribution in [0.1, 0.15) is 22.5 Å². The van der Waals surface area contributed by atoms with Crippen LogP contribution in [0.2, 0.25) is 5.02 Å². The number of hydrogen-bond acceptors (Lipinski definition) is 2. The van der Waals surface area contributed by atoms with Crippen LogP contribution in [0, 0.1) is 18.3 Å². The van der Waals surface area contributed by atoms with Crippen molar-refractivity contribution in [3.05, 3.63) is 100 Å². The molecule has 0 bridgehead atoms. The van der Waals surface area contributed by atoms with Crippen LogP contribution in [-0.2, 0) is 6.54 Å². The van der Waals surface area contributed by atoms with Gasteiger partial charge in [0.05, 0.1) is 16.6 Å². The van der Waals surface area contributed by atoms with Gasteiger partial charge in [-0.05, 0) is 54.5 Å². The summed E-state index contributed by atoms with van der Waals surface area (Å²) in [7, 11) is 0. The molecule has 0 aliphatic carbocycles. The van der Waals surface area contributed by atoms with E-state index in [4.69, 9.17) is 11.6 Å². The minimum absolute atomic E-state index is 0.503. The molecule has 31 heavy (non-hydrogen) atoms. The van der Waals surface area contributed by atoms with E-state index in [9.17, 15) is 5.26 Å². The second kappa shape index (κ2) is 7.79. The van der Waals surface area contributed by atoms with Crippen LogP contribution in [0.3, 0.4) is 0 Å². The standard InChI is InChI=1S/C26H19ClN4/c1-17-6-11-23-24(12-17)30-26(29-23)19(14-28)13-20-16-31(25-5-3-2-4-22(20)25)15-18-7-9-21(27)10-8-18/h2-13,16H,15H2,1H3,(H,29,30)/b19-13-. The van der Waals surface area contributed by atoms with Gasteiger partial charge in [-0.25, -0.2) is 4.98 Å². The number of H-pyrrole nitrogens is 1. The van der Waals surface area contributed by atoms with Crippen molar-refractivity contribution in [1.29, 1.82) is 5.26 Å². The lowest BCUT2D eigenvalue weighted by Gasteiger charge is -2.05. The number of allylic oxidation sites excluding steroid dienone is 1.